The van der Waals surface area contributed by atoms with E-state index in [0.29, 0.717) is 16.9 Å². The van der Waals surface area contributed by atoms with E-state index in [1.165, 1.54) is 17.4 Å². The van der Waals surface area contributed by atoms with Crippen molar-refractivity contribution in [1.82, 2.24) is 9.97 Å². The highest BCUT2D eigenvalue weighted by Gasteiger charge is 2.16. The van der Waals surface area contributed by atoms with Gasteiger partial charge in [0.05, 0.1) is 25.3 Å². The van der Waals surface area contributed by atoms with Gasteiger partial charge in [-0.2, -0.15) is 0 Å². The molecule has 8 heteroatoms. The summed E-state index contributed by atoms with van der Waals surface area (Å²) in [6, 6.07) is 4.25. The number of carboxylic acids is 1. The number of halogens is 3. The van der Waals surface area contributed by atoms with Gasteiger partial charge in [-0.3, -0.25) is 0 Å². The minimum atomic E-state index is -1.31. The van der Waals surface area contributed by atoms with Crippen LogP contribution in [0, 0.1) is 5.82 Å². The monoisotopic (exact) mass is 418 g/mol. The molecule has 0 saturated carbocycles. The van der Waals surface area contributed by atoms with Crippen molar-refractivity contribution in [3.8, 4) is 10.7 Å². The molecule has 0 amide bonds. The molecule has 102 valence electrons. The van der Waals surface area contributed by atoms with E-state index < -0.39 is 11.8 Å². The number of thiophene rings is 1. The number of hydrogen-bond donors (Lipinski definition) is 2. The Hall–Kier alpha value is -1.25. The summed E-state index contributed by atoms with van der Waals surface area (Å²) in [5, 5.41) is 8.90. The number of hydrogen-bond acceptors (Lipinski definition) is 3. The topological polar surface area (TPSA) is 66.0 Å². The second kappa shape index (κ2) is 4.94. The molecule has 2 aromatic heterocycles. The van der Waals surface area contributed by atoms with Gasteiger partial charge in [0, 0.05) is 10.5 Å². The first-order valence-electron chi connectivity index (χ1n) is 5.33. The average molecular weight is 420 g/mol. The average Bonchev–Trinajstić information content (AvgIpc) is 2.92. The quantitative estimate of drug-likeness (QED) is 0.635. The lowest BCUT2D eigenvalue weighted by molar-refractivity contribution is 0.0692. The van der Waals surface area contributed by atoms with E-state index in [1.54, 1.807) is 0 Å². The summed E-state index contributed by atoms with van der Waals surface area (Å²) in [6.07, 6.45) is 0. The predicted octanol–water partition coefficient (Wildman–Crippen LogP) is 4.65. The van der Waals surface area contributed by atoms with Crippen molar-refractivity contribution in [2.75, 3.05) is 0 Å². The number of aromatic nitrogens is 2. The Bertz CT molecular complexity index is 824. The van der Waals surface area contributed by atoms with Crippen LogP contribution in [0.5, 0.6) is 0 Å². The van der Waals surface area contributed by atoms with Gasteiger partial charge in [0.15, 0.2) is 0 Å². The van der Waals surface area contributed by atoms with E-state index in [-0.39, 0.29) is 5.56 Å². The largest absolute Gasteiger partial charge is 0.478 e. The lowest BCUT2D eigenvalue weighted by Crippen LogP contribution is -1.99. The summed E-state index contributed by atoms with van der Waals surface area (Å²) in [4.78, 5) is 19.0. The van der Waals surface area contributed by atoms with Gasteiger partial charge in [-0.25, -0.2) is 14.2 Å². The first-order valence-corrected chi connectivity index (χ1v) is 7.73. The van der Waals surface area contributed by atoms with Gasteiger partial charge < -0.3 is 10.1 Å². The van der Waals surface area contributed by atoms with Crippen molar-refractivity contribution in [3.05, 3.63) is 37.8 Å². The van der Waals surface area contributed by atoms with E-state index in [0.717, 1.165) is 19.2 Å². The maximum Gasteiger partial charge on any atom is 0.338 e. The molecule has 20 heavy (non-hydrogen) atoms. The molecule has 0 radical (unpaired) electrons. The summed E-state index contributed by atoms with van der Waals surface area (Å²) >= 11 is 8.24. The first kappa shape index (κ1) is 13.7. The van der Waals surface area contributed by atoms with Crippen molar-refractivity contribution in [3.63, 3.8) is 0 Å². The highest BCUT2D eigenvalue weighted by atomic mass is 79.9. The number of carboxylic acid groups (broad SMARTS) is 1. The SMILES string of the molecule is O=C(O)c1cc2nc(-c3cc(Br)c(Br)s3)[nH]c2cc1F. The van der Waals surface area contributed by atoms with E-state index in [9.17, 15) is 9.18 Å². The molecule has 0 aliphatic carbocycles. The molecule has 0 fully saturated rings. The van der Waals surface area contributed by atoms with Gasteiger partial charge in [-0.15, -0.1) is 11.3 Å². The number of benzene rings is 1. The van der Waals surface area contributed by atoms with Gasteiger partial charge in [0.2, 0.25) is 0 Å². The molecule has 0 aliphatic rings. The molecule has 3 rings (SSSR count). The number of imidazole rings is 1. The molecule has 0 unspecified atom stereocenters. The van der Waals surface area contributed by atoms with Crippen LogP contribution in [0.2, 0.25) is 0 Å². The molecular formula is C12H5Br2FN2O2S. The van der Waals surface area contributed by atoms with Crippen molar-refractivity contribution in [2.45, 2.75) is 0 Å². The molecule has 0 saturated heterocycles. The highest BCUT2D eigenvalue weighted by Crippen LogP contribution is 2.37. The summed E-state index contributed by atoms with van der Waals surface area (Å²) in [6.45, 7) is 0. The van der Waals surface area contributed by atoms with Gasteiger partial charge in [-0.1, -0.05) is 0 Å². The summed E-state index contributed by atoms with van der Waals surface area (Å²) < 4.78 is 15.4. The first-order chi connectivity index (χ1) is 9.45. The van der Waals surface area contributed by atoms with Crippen LogP contribution in [0.1, 0.15) is 10.4 Å². The predicted molar refractivity (Wildman–Crippen MR) is 81.7 cm³/mol. The Labute approximate surface area is 132 Å². The molecule has 0 bridgehead atoms. The van der Waals surface area contributed by atoms with Crippen LogP contribution in [0.3, 0.4) is 0 Å². The van der Waals surface area contributed by atoms with Crippen molar-refractivity contribution >= 4 is 60.2 Å². The van der Waals surface area contributed by atoms with Gasteiger partial charge in [-0.05, 0) is 44.0 Å². The molecule has 2 heterocycles. The zero-order chi connectivity index (χ0) is 14.4. The molecule has 4 nitrogen and oxygen atoms in total. The summed E-state index contributed by atoms with van der Waals surface area (Å²) in [5.74, 6) is -1.53. The number of aromatic carboxylic acids is 1. The second-order valence-corrected chi connectivity index (χ2v) is 7.20. The fourth-order valence-corrected chi connectivity index (χ4v) is 3.75. The van der Waals surface area contributed by atoms with Crippen LogP contribution in [-0.2, 0) is 0 Å². The maximum atomic E-state index is 13.6. The van der Waals surface area contributed by atoms with Crippen LogP contribution >= 0.6 is 43.2 Å². The van der Waals surface area contributed by atoms with Crippen LogP contribution in [0.15, 0.2) is 26.5 Å². The standard InChI is InChI=1S/C12H5Br2FN2O2S/c13-5-2-9(20-10(5)14)11-16-7-1-4(12(18)19)6(15)3-8(7)17-11/h1-3H,(H,16,17)(H,18,19). The van der Waals surface area contributed by atoms with Crippen molar-refractivity contribution < 1.29 is 14.3 Å². The van der Waals surface area contributed by atoms with E-state index >= 15 is 0 Å². The van der Waals surface area contributed by atoms with Gasteiger partial charge >= 0.3 is 5.97 Å². The summed E-state index contributed by atoms with van der Waals surface area (Å²) in [5.41, 5.74) is 0.492. The maximum absolute atomic E-state index is 13.6. The third kappa shape index (κ3) is 2.27. The highest BCUT2D eigenvalue weighted by molar-refractivity contribution is 9.13. The fourth-order valence-electron chi connectivity index (χ4n) is 1.77. The minimum Gasteiger partial charge on any atom is -0.478 e. The Morgan fingerprint density at radius 3 is 2.70 bits per heavy atom. The zero-order valence-electron chi connectivity index (χ0n) is 9.58. The Morgan fingerprint density at radius 2 is 2.10 bits per heavy atom. The molecule has 0 atom stereocenters. The van der Waals surface area contributed by atoms with E-state index in [1.807, 2.05) is 6.07 Å². The lowest BCUT2D eigenvalue weighted by atomic mass is 10.2. The summed E-state index contributed by atoms with van der Waals surface area (Å²) in [7, 11) is 0. The number of aromatic amines is 1. The number of nitrogens with one attached hydrogen (secondary N) is 1. The third-order valence-electron chi connectivity index (χ3n) is 2.68. The second-order valence-electron chi connectivity index (χ2n) is 3.97. The zero-order valence-corrected chi connectivity index (χ0v) is 13.6. The Morgan fingerprint density at radius 1 is 1.35 bits per heavy atom. The number of fused-ring (bicyclic) bond motifs is 1. The smallest absolute Gasteiger partial charge is 0.338 e. The third-order valence-corrected chi connectivity index (χ3v) is 5.94. The van der Waals surface area contributed by atoms with Crippen molar-refractivity contribution in [2.24, 2.45) is 0 Å². The van der Waals surface area contributed by atoms with Crippen LogP contribution in [-0.4, -0.2) is 21.0 Å². The Kier molecular flexibility index (Phi) is 3.39. The minimum absolute atomic E-state index is 0.385. The number of rotatable bonds is 2. The molecular weight excluding hydrogens is 415 g/mol. The molecule has 0 spiro atoms. The lowest BCUT2D eigenvalue weighted by Gasteiger charge is -1.95. The van der Waals surface area contributed by atoms with Gasteiger partial charge in [0.1, 0.15) is 11.6 Å². The van der Waals surface area contributed by atoms with Crippen LogP contribution in [0.25, 0.3) is 21.7 Å². The van der Waals surface area contributed by atoms with Crippen LogP contribution in [0.4, 0.5) is 4.39 Å². The van der Waals surface area contributed by atoms with Crippen LogP contribution < -0.4 is 0 Å². The normalized spacial score (nSPS) is 11.2. The molecule has 2 N–H and O–H groups in total. The van der Waals surface area contributed by atoms with E-state index in [2.05, 4.69) is 41.8 Å². The molecule has 1 aromatic carbocycles. The Balaban J connectivity index is 2.17. The number of nitrogens with zero attached hydrogens (tertiary/aromatic N) is 1. The number of carbonyl (C=O) groups is 1. The molecule has 3 aromatic rings. The molecule has 0 aliphatic heterocycles. The fraction of sp³-hybridized carbons (Fsp3) is 0. The van der Waals surface area contributed by atoms with Gasteiger partial charge in [0.25, 0.3) is 0 Å². The van der Waals surface area contributed by atoms with Crippen molar-refractivity contribution in [1.29, 1.82) is 0 Å². The number of H-pyrrole nitrogens is 1. The van der Waals surface area contributed by atoms with E-state index in [4.69, 9.17) is 5.11 Å².